The molecule has 0 aliphatic heterocycles. The van der Waals surface area contributed by atoms with Crippen molar-refractivity contribution in [2.75, 3.05) is 0 Å². The number of halogens is 6. The van der Waals surface area contributed by atoms with E-state index in [2.05, 4.69) is 31.9 Å². The maximum atomic E-state index is 14.0. The molecular weight excluding hydrogens is 420 g/mol. The summed E-state index contributed by atoms with van der Waals surface area (Å²) in [6.45, 7) is 0. The zero-order valence-corrected chi connectivity index (χ0v) is 13.4. The van der Waals surface area contributed by atoms with E-state index < -0.39 is 23.7 Å². The van der Waals surface area contributed by atoms with E-state index in [1.165, 1.54) is 24.3 Å². The first-order chi connectivity index (χ1) is 9.71. The minimum absolute atomic E-state index is 0.0539. The highest BCUT2D eigenvalue weighted by Gasteiger charge is 2.32. The van der Waals surface area contributed by atoms with Crippen LogP contribution in [-0.2, 0) is 6.18 Å². The second-order valence-electron chi connectivity index (χ2n) is 4.28. The quantitative estimate of drug-likeness (QED) is 0.631. The first kappa shape index (κ1) is 16.5. The van der Waals surface area contributed by atoms with Gasteiger partial charge in [0.15, 0.2) is 0 Å². The number of hydrogen-bond donors (Lipinski definition) is 1. The second-order valence-corrected chi connectivity index (χ2v) is 5.99. The molecule has 21 heavy (non-hydrogen) atoms. The molecule has 1 nitrogen and oxygen atoms in total. The fourth-order valence-electron chi connectivity index (χ4n) is 1.83. The normalized spacial score (nSPS) is 13.3. The van der Waals surface area contributed by atoms with Crippen LogP contribution in [-0.4, -0.2) is 5.11 Å². The minimum Gasteiger partial charge on any atom is -0.384 e. The van der Waals surface area contributed by atoms with Crippen LogP contribution < -0.4 is 0 Å². The topological polar surface area (TPSA) is 20.2 Å². The summed E-state index contributed by atoms with van der Waals surface area (Å²) in [6, 6.07) is 7.11. The SMILES string of the molecule is OC(c1cc(C(F)(F)F)ccc1Br)c1cccc(Br)c1F. The van der Waals surface area contributed by atoms with Crippen molar-refractivity contribution in [3.8, 4) is 0 Å². The van der Waals surface area contributed by atoms with Crippen LogP contribution in [0.5, 0.6) is 0 Å². The Bertz CT molecular complexity index is 671. The van der Waals surface area contributed by atoms with Gasteiger partial charge in [-0.25, -0.2) is 4.39 Å². The lowest BCUT2D eigenvalue weighted by Crippen LogP contribution is -2.09. The molecule has 0 saturated heterocycles. The molecule has 0 spiro atoms. The summed E-state index contributed by atoms with van der Waals surface area (Å²) in [7, 11) is 0. The lowest BCUT2D eigenvalue weighted by atomic mass is 9.99. The summed E-state index contributed by atoms with van der Waals surface area (Å²) < 4.78 is 52.5. The van der Waals surface area contributed by atoms with Gasteiger partial charge < -0.3 is 5.11 Å². The molecule has 2 rings (SSSR count). The number of benzene rings is 2. The van der Waals surface area contributed by atoms with Gasteiger partial charge in [-0.05, 0) is 45.8 Å². The van der Waals surface area contributed by atoms with Crippen molar-refractivity contribution >= 4 is 31.9 Å². The van der Waals surface area contributed by atoms with Gasteiger partial charge in [-0.3, -0.25) is 0 Å². The Morgan fingerprint density at radius 2 is 1.62 bits per heavy atom. The third kappa shape index (κ3) is 3.46. The second kappa shape index (κ2) is 6.06. The van der Waals surface area contributed by atoms with Gasteiger partial charge in [-0.1, -0.05) is 28.1 Å². The van der Waals surface area contributed by atoms with Gasteiger partial charge in [-0.15, -0.1) is 0 Å². The predicted octanol–water partition coefficient (Wildman–Crippen LogP) is 5.45. The van der Waals surface area contributed by atoms with Crippen LogP contribution in [0.4, 0.5) is 17.6 Å². The molecule has 0 fully saturated rings. The first-order valence-electron chi connectivity index (χ1n) is 5.70. The maximum Gasteiger partial charge on any atom is 0.416 e. The Kier molecular flexibility index (Phi) is 4.75. The summed E-state index contributed by atoms with van der Waals surface area (Å²) in [6.07, 6.45) is -6.05. The Labute approximate surface area is 134 Å². The van der Waals surface area contributed by atoms with E-state index >= 15 is 0 Å². The summed E-state index contributed by atoms with van der Waals surface area (Å²) >= 11 is 6.05. The van der Waals surface area contributed by atoms with Crippen molar-refractivity contribution in [1.82, 2.24) is 0 Å². The van der Waals surface area contributed by atoms with Gasteiger partial charge in [0.25, 0.3) is 0 Å². The van der Waals surface area contributed by atoms with Gasteiger partial charge in [0, 0.05) is 10.0 Å². The molecule has 1 N–H and O–H groups in total. The molecular formula is C14H8Br2F4O. The average molecular weight is 428 g/mol. The number of alkyl halides is 3. The van der Waals surface area contributed by atoms with Crippen molar-refractivity contribution in [3.05, 3.63) is 67.9 Å². The summed E-state index contributed by atoms with van der Waals surface area (Å²) in [5, 5.41) is 10.2. The van der Waals surface area contributed by atoms with Crippen LogP contribution in [0, 0.1) is 5.82 Å². The molecule has 0 bridgehead atoms. The van der Waals surface area contributed by atoms with Gasteiger partial charge in [-0.2, -0.15) is 13.2 Å². The van der Waals surface area contributed by atoms with Crippen molar-refractivity contribution in [3.63, 3.8) is 0 Å². The Balaban J connectivity index is 2.53. The van der Waals surface area contributed by atoms with Gasteiger partial charge >= 0.3 is 6.18 Å². The minimum atomic E-state index is -4.54. The molecule has 2 aromatic carbocycles. The molecule has 0 saturated carbocycles. The van der Waals surface area contributed by atoms with E-state index in [1.54, 1.807) is 0 Å². The largest absolute Gasteiger partial charge is 0.416 e. The van der Waals surface area contributed by atoms with E-state index in [9.17, 15) is 22.7 Å². The molecule has 1 unspecified atom stereocenters. The predicted molar refractivity (Wildman–Crippen MR) is 77.3 cm³/mol. The van der Waals surface area contributed by atoms with Gasteiger partial charge in [0.05, 0.1) is 10.0 Å². The van der Waals surface area contributed by atoms with Crippen LogP contribution in [0.1, 0.15) is 22.8 Å². The molecule has 0 aromatic heterocycles. The Morgan fingerprint density at radius 1 is 0.952 bits per heavy atom. The fraction of sp³-hybridized carbons (Fsp3) is 0.143. The van der Waals surface area contributed by atoms with Gasteiger partial charge in [0.2, 0.25) is 0 Å². The molecule has 0 aliphatic carbocycles. The number of aliphatic hydroxyl groups excluding tert-OH is 1. The van der Waals surface area contributed by atoms with E-state index in [0.29, 0.717) is 0 Å². The molecule has 1 atom stereocenters. The average Bonchev–Trinajstić information content (AvgIpc) is 2.40. The molecule has 112 valence electrons. The van der Waals surface area contributed by atoms with Crippen LogP contribution in [0.2, 0.25) is 0 Å². The molecule has 0 heterocycles. The highest BCUT2D eigenvalue weighted by atomic mass is 79.9. The standard InChI is InChI=1S/C14H8Br2F4O/c15-10-5-4-7(14(18,19)20)6-9(10)13(21)8-2-1-3-11(16)12(8)17/h1-6,13,21H. The van der Waals surface area contributed by atoms with Crippen molar-refractivity contribution < 1.29 is 22.7 Å². The van der Waals surface area contributed by atoms with E-state index in [0.717, 1.165) is 12.1 Å². The van der Waals surface area contributed by atoms with Crippen molar-refractivity contribution in [1.29, 1.82) is 0 Å². The Hall–Kier alpha value is -0.920. The first-order valence-corrected chi connectivity index (χ1v) is 7.29. The lowest BCUT2D eigenvalue weighted by Gasteiger charge is -2.17. The molecule has 0 aliphatic rings. The lowest BCUT2D eigenvalue weighted by molar-refractivity contribution is -0.137. The van der Waals surface area contributed by atoms with E-state index in [1.807, 2.05) is 0 Å². The number of aliphatic hydroxyl groups is 1. The maximum absolute atomic E-state index is 14.0. The number of hydrogen-bond acceptors (Lipinski definition) is 1. The zero-order chi connectivity index (χ0) is 15.8. The molecule has 7 heteroatoms. The van der Waals surface area contributed by atoms with E-state index in [4.69, 9.17) is 0 Å². The highest BCUT2D eigenvalue weighted by molar-refractivity contribution is 9.10. The van der Waals surface area contributed by atoms with Crippen molar-refractivity contribution in [2.24, 2.45) is 0 Å². The van der Waals surface area contributed by atoms with Crippen molar-refractivity contribution in [2.45, 2.75) is 12.3 Å². The fourth-order valence-corrected chi connectivity index (χ4v) is 2.67. The third-order valence-corrected chi connectivity index (χ3v) is 4.23. The van der Waals surface area contributed by atoms with Crippen LogP contribution >= 0.6 is 31.9 Å². The molecule has 2 aromatic rings. The van der Waals surface area contributed by atoms with Gasteiger partial charge in [0.1, 0.15) is 11.9 Å². The number of rotatable bonds is 2. The zero-order valence-electron chi connectivity index (χ0n) is 10.3. The highest BCUT2D eigenvalue weighted by Crippen LogP contribution is 2.37. The monoisotopic (exact) mass is 426 g/mol. The third-order valence-electron chi connectivity index (χ3n) is 2.89. The molecule has 0 amide bonds. The van der Waals surface area contributed by atoms with Crippen LogP contribution in [0.15, 0.2) is 45.3 Å². The Morgan fingerprint density at radius 3 is 2.24 bits per heavy atom. The summed E-state index contributed by atoms with van der Waals surface area (Å²) in [5.41, 5.74) is -1.07. The summed E-state index contributed by atoms with van der Waals surface area (Å²) in [5.74, 6) is -0.714. The summed E-state index contributed by atoms with van der Waals surface area (Å²) in [4.78, 5) is 0. The van der Waals surface area contributed by atoms with Crippen LogP contribution in [0.25, 0.3) is 0 Å². The smallest absolute Gasteiger partial charge is 0.384 e. The van der Waals surface area contributed by atoms with E-state index in [-0.39, 0.29) is 20.1 Å². The van der Waals surface area contributed by atoms with Crippen LogP contribution in [0.3, 0.4) is 0 Å². The molecule has 0 radical (unpaired) electrons.